The van der Waals surface area contributed by atoms with E-state index >= 15 is 0 Å². The highest BCUT2D eigenvalue weighted by Crippen LogP contribution is 2.29. The first-order valence-corrected chi connectivity index (χ1v) is 7.80. The molecule has 1 aliphatic rings. The van der Waals surface area contributed by atoms with Crippen LogP contribution < -0.4 is 4.31 Å². The minimum Gasteiger partial charge on any atom is -0.294 e. The molecule has 0 amide bonds. The van der Waals surface area contributed by atoms with Crippen molar-refractivity contribution in [3.8, 4) is 0 Å². The van der Waals surface area contributed by atoms with Gasteiger partial charge < -0.3 is 0 Å². The Bertz CT molecular complexity index is 551. The van der Waals surface area contributed by atoms with Gasteiger partial charge in [0, 0.05) is 18.5 Å². The highest BCUT2D eigenvalue weighted by molar-refractivity contribution is 7.92. The highest BCUT2D eigenvalue weighted by atomic mass is 32.2. The average Bonchev–Trinajstić information content (AvgIpc) is 2.37. The number of carbonyl (C=O) groups is 1. The van der Waals surface area contributed by atoms with Crippen molar-refractivity contribution in [3.05, 3.63) is 29.8 Å². The predicted molar refractivity (Wildman–Crippen MR) is 71.4 cm³/mol. The van der Waals surface area contributed by atoms with Gasteiger partial charge in [0.2, 0.25) is 10.0 Å². The van der Waals surface area contributed by atoms with E-state index < -0.39 is 10.0 Å². The zero-order valence-electron chi connectivity index (χ0n) is 10.4. The SMILES string of the molecule is CCCCS(=O)(=O)N1CCC(=O)c2ccccc21. The maximum atomic E-state index is 12.2. The first kappa shape index (κ1) is 13.1. The van der Waals surface area contributed by atoms with Crippen LogP contribution in [-0.2, 0) is 10.0 Å². The summed E-state index contributed by atoms with van der Waals surface area (Å²) in [7, 11) is -3.30. The number of benzene rings is 1. The number of rotatable bonds is 4. The maximum absolute atomic E-state index is 12.2. The van der Waals surface area contributed by atoms with Crippen molar-refractivity contribution in [2.45, 2.75) is 26.2 Å². The van der Waals surface area contributed by atoms with Crippen LogP contribution in [0.4, 0.5) is 5.69 Å². The lowest BCUT2D eigenvalue weighted by Gasteiger charge is -2.29. The van der Waals surface area contributed by atoms with E-state index in [1.165, 1.54) is 4.31 Å². The monoisotopic (exact) mass is 267 g/mol. The van der Waals surface area contributed by atoms with E-state index in [2.05, 4.69) is 0 Å². The van der Waals surface area contributed by atoms with Crippen LogP contribution in [0.25, 0.3) is 0 Å². The molecular weight excluding hydrogens is 250 g/mol. The van der Waals surface area contributed by atoms with Crippen LogP contribution in [0.2, 0.25) is 0 Å². The Labute approximate surface area is 108 Å². The zero-order chi connectivity index (χ0) is 13.2. The van der Waals surface area contributed by atoms with Gasteiger partial charge in [-0.15, -0.1) is 0 Å². The van der Waals surface area contributed by atoms with E-state index in [1.54, 1.807) is 24.3 Å². The van der Waals surface area contributed by atoms with Crippen molar-refractivity contribution in [1.29, 1.82) is 0 Å². The third kappa shape index (κ3) is 2.41. The van der Waals surface area contributed by atoms with Gasteiger partial charge in [0.1, 0.15) is 0 Å². The van der Waals surface area contributed by atoms with Gasteiger partial charge in [-0.2, -0.15) is 0 Å². The minimum atomic E-state index is -3.30. The number of sulfonamides is 1. The van der Waals surface area contributed by atoms with Crippen molar-refractivity contribution < 1.29 is 13.2 Å². The summed E-state index contributed by atoms with van der Waals surface area (Å²) in [5, 5.41) is 0. The van der Waals surface area contributed by atoms with Crippen LogP contribution >= 0.6 is 0 Å². The Morgan fingerprint density at radius 2 is 2.00 bits per heavy atom. The molecule has 5 heteroatoms. The van der Waals surface area contributed by atoms with Gasteiger partial charge in [-0.1, -0.05) is 25.5 Å². The zero-order valence-corrected chi connectivity index (χ0v) is 11.2. The summed E-state index contributed by atoms with van der Waals surface area (Å²) in [5.74, 6) is 0.166. The molecule has 0 aromatic heterocycles. The number of hydrogen-bond donors (Lipinski definition) is 0. The second-order valence-electron chi connectivity index (χ2n) is 4.43. The molecule has 0 atom stereocenters. The lowest BCUT2D eigenvalue weighted by molar-refractivity contribution is 0.0982. The molecule has 1 heterocycles. The molecule has 0 bridgehead atoms. The molecule has 0 unspecified atom stereocenters. The quantitative estimate of drug-likeness (QED) is 0.840. The van der Waals surface area contributed by atoms with Crippen molar-refractivity contribution in [2.75, 3.05) is 16.6 Å². The van der Waals surface area contributed by atoms with Gasteiger partial charge in [-0.3, -0.25) is 9.10 Å². The number of fused-ring (bicyclic) bond motifs is 1. The van der Waals surface area contributed by atoms with Crippen molar-refractivity contribution >= 4 is 21.5 Å². The predicted octanol–water partition coefficient (Wildman–Crippen LogP) is 2.21. The molecule has 0 saturated heterocycles. The molecule has 0 radical (unpaired) electrons. The van der Waals surface area contributed by atoms with Crippen LogP contribution in [0, 0.1) is 0 Å². The Morgan fingerprint density at radius 1 is 1.28 bits per heavy atom. The number of unbranched alkanes of at least 4 members (excludes halogenated alkanes) is 1. The van der Waals surface area contributed by atoms with E-state index in [1.807, 2.05) is 6.92 Å². The number of ketones is 1. The molecule has 98 valence electrons. The van der Waals surface area contributed by atoms with Crippen LogP contribution in [0.15, 0.2) is 24.3 Å². The minimum absolute atomic E-state index is 0.0209. The Kier molecular flexibility index (Phi) is 3.71. The third-order valence-electron chi connectivity index (χ3n) is 3.11. The Morgan fingerprint density at radius 3 is 2.72 bits per heavy atom. The standard InChI is InChI=1S/C13H17NO3S/c1-2-3-10-18(16,17)14-9-8-13(15)11-6-4-5-7-12(11)14/h4-7H,2-3,8-10H2,1H3. The molecule has 0 aliphatic carbocycles. The first-order valence-electron chi connectivity index (χ1n) is 6.19. The summed E-state index contributed by atoms with van der Waals surface area (Å²) in [4.78, 5) is 11.8. The van der Waals surface area contributed by atoms with E-state index in [4.69, 9.17) is 0 Å². The van der Waals surface area contributed by atoms with E-state index in [0.717, 1.165) is 6.42 Å². The van der Waals surface area contributed by atoms with Gasteiger partial charge >= 0.3 is 0 Å². The van der Waals surface area contributed by atoms with Gasteiger partial charge in [-0.25, -0.2) is 8.42 Å². The number of hydrogen-bond acceptors (Lipinski definition) is 3. The molecule has 18 heavy (non-hydrogen) atoms. The molecule has 0 saturated carbocycles. The average molecular weight is 267 g/mol. The lowest BCUT2D eigenvalue weighted by atomic mass is 10.0. The molecule has 0 N–H and O–H groups in total. The number of anilines is 1. The lowest BCUT2D eigenvalue weighted by Crippen LogP contribution is -2.38. The molecule has 1 aromatic carbocycles. The molecule has 4 nitrogen and oxygen atoms in total. The van der Waals surface area contributed by atoms with Crippen LogP contribution in [0.1, 0.15) is 36.5 Å². The summed E-state index contributed by atoms with van der Waals surface area (Å²) < 4.78 is 25.8. The largest absolute Gasteiger partial charge is 0.294 e. The van der Waals surface area contributed by atoms with Gasteiger partial charge in [-0.05, 0) is 18.6 Å². The normalized spacial score (nSPS) is 15.6. The second-order valence-corrected chi connectivity index (χ2v) is 6.44. The van der Waals surface area contributed by atoms with Crippen molar-refractivity contribution in [2.24, 2.45) is 0 Å². The Balaban J connectivity index is 2.37. The van der Waals surface area contributed by atoms with E-state index in [0.29, 0.717) is 17.7 Å². The molecule has 1 aliphatic heterocycles. The number of nitrogens with zero attached hydrogens (tertiary/aromatic N) is 1. The summed E-state index contributed by atoms with van der Waals surface area (Å²) in [6.07, 6.45) is 1.75. The van der Waals surface area contributed by atoms with Gasteiger partial charge in [0.05, 0.1) is 11.4 Å². The van der Waals surface area contributed by atoms with Crippen LogP contribution in [0.3, 0.4) is 0 Å². The molecule has 2 rings (SSSR count). The molecule has 0 spiro atoms. The summed E-state index contributed by atoms with van der Waals surface area (Å²) >= 11 is 0. The van der Waals surface area contributed by atoms with Crippen LogP contribution in [-0.4, -0.2) is 26.5 Å². The summed E-state index contributed by atoms with van der Waals surface area (Å²) in [6, 6.07) is 6.92. The molecular formula is C13H17NO3S. The maximum Gasteiger partial charge on any atom is 0.235 e. The smallest absolute Gasteiger partial charge is 0.235 e. The summed E-state index contributed by atoms with van der Waals surface area (Å²) in [6.45, 7) is 2.23. The van der Waals surface area contributed by atoms with Crippen LogP contribution in [0.5, 0.6) is 0 Å². The molecule has 0 fully saturated rings. The van der Waals surface area contributed by atoms with E-state index in [-0.39, 0.29) is 24.5 Å². The van der Waals surface area contributed by atoms with Crippen molar-refractivity contribution in [1.82, 2.24) is 0 Å². The highest BCUT2D eigenvalue weighted by Gasteiger charge is 2.30. The van der Waals surface area contributed by atoms with Gasteiger partial charge in [0.15, 0.2) is 5.78 Å². The van der Waals surface area contributed by atoms with Crippen molar-refractivity contribution in [3.63, 3.8) is 0 Å². The molecule has 1 aromatic rings. The topological polar surface area (TPSA) is 54.5 Å². The Hall–Kier alpha value is -1.36. The number of para-hydroxylation sites is 1. The number of Topliss-reactive ketones (excluding diaryl/α,β-unsaturated/α-hetero) is 1. The van der Waals surface area contributed by atoms with Gasteiger partial charge in [0.25, 0.3) is 0 Å². The first-order chi connectivity index (χ1) is 8.56. The summed E-state index contributed by atoms with van der Waals surface area (Å²) in [5.41, 5.74) is 1.05. The fraction of sp³-hybridized carbons (Fsp3) is 0.462. The van der Waals surface area contributed by atoms with E-state index in [9.17, 15) is 13.2 Å². The number of carbonyl (C=O) groups excluding carboxylic acids is 1. The third-order valence-corrected chi connectivity index (χ3v) is 4.96. The fourth-order valence-corrected chi connectivity index (χ4v) is 3.81. The fourth-order valence-electron chi connectivity index (χ4n) is 2.11. The second kappa shape index (κ2) is 5.10.